The van der Waals surface area contributed by atoms with Crippen LogP contribution in [0.25, 0.3) is 0 Å². The lowest BCUT2D eigenvalue weighted by atomic mass is 10.0. The van der Waals surface area contributed by atoms with Crippen molar-refractivity contribution in [3.63, 3.8) is 0 Å². The summed E-state index contributed by atoms with van der Waals surface area (Å²) in [5, 5.41) is 18.8. The first-order valence-electron chi connectivity index (χ1n) is 9.33. The number of nitrogens with zero attached hydrogens (tertiary/aromatic N) is 1. The van der Waals surface area contributed by atoms with Crippen LogP contribution in [0.5, 0.6) is 5.75 Å². The van der Waals surface area contributed by atoms with Gasteiger partial charge in [0.1, 0.15) is 24.2 Å². The van der Waals surface area contributed by atoms with Crippen molar-refractivity contribution in [2.75, 3.05) is 6.54 Å². The molecule has 162 valence electrons. The van der Waals surface area contributed by atoms with Crippen LogP contribution >= 0.6 is 0 Å². The van der Waals surface area contributed by atoms with Crippen molar-refractivity contribution in [3.8, 4) is 5.75 Å². The van der Waals surface area contributed by atoms with E-state index in [0.29, 0.717) is 11.3 Å². The quantitative estimate of drug-likeness (QED) is 0.467. The number of carbonyl (C=O) groups excluding carboxylic acids is 1. The van der Waals surface area contributed by atoms with Crippen LogP contribution in [-0.2, 0) is 21.4 Å². The summed E-state index contributed by atoms with van der Waals surface area (Å²) in [6.07, 6.45) is -0.572. The topological polar surface area (TPSA) is 116 Å². The van der Waals surface area contributed by atoms with E-state index >= 15 is 0 Å². The number of aliphatic hydroxyl groups excluding tert-OH is 1. The Kier molecular flexibility index (Phi) is 6.71. The zero-order valence-electron chi connectivity index (χ0n) is 16.3. The average Bonchev–Trinajstić information content (AvgIpc) is 2.71. The molecule has 3 rings (SSSR count). The summed E-state index contributed by atoms with van der Waals surface area (Å²) in [5.74, 6) is -0.824. The van der Waals surface area contributed by atoms with Crippen LogP contribution in [0.1, 0.15) is 24.0 Å². The fourth-order valence-electron chi connectivity index (χ4n) is 3.43. The molecule has 0 radical (unpaired) electrons. The number of amides is 1. The Morgan fingerprint density at radius 3 is 2.57 bits per heavy atom. The number of aryl methyl sites for hydroxylation is 1. The number of nitrogens with one attached hydrogen (secondary N) is 1. The summed E-state index contributed by atoms with van der Waals surface area (Å²) in [4.78, 5) is 11.8. The van der Waals surface area contributed by atoms with Crippen molar-refractivity contribution >= 4 is 15.9 Å². The first-order valence-corrected chi connectivity index (χ1v) is 10.8. The van der Waals surface area contributed by atoms with Gasteiger partial charge in [0.2, 0.25) is 10.0 Å². The van der Waals surface area contributed by atoms with Crippen LogP contribution in [0.15, 0.2) is 47.4 Å². The van der Waals surface area contributed by atoms with Crippen molar-refractivity contribution in [2.45, 2.75) is 43.4 Å². The number of hydroxylamine groups is 1. The van der Waals surface area contributed by atoms with Gasteiger partial charge in [-0.25, -0.2) is 18.3 Å². The van der Waals surface area contributed by atoms with Crippen LogP contribution < -0.4 is 10.2 Å². The van der Waals surface area contributed by atoms with Gasteiger partial charge in [0.05, 0.1) is 11.0 Å². The molecule has 1 heterocycles. The van der Waals surface area contributed by atoms with Gasteiger partial charge in [-0.3, -0.25) is 10.0 Å². The Hall–Kier alpha value is -2.53. The summed E-state index contributed by atoms with van der Waals surface area (Å²) in [6, 6.07) is 9.02. The maximum atomic E-state index is 13.5. The molecule has 2 atom stereocenters. The van der Waals surface area contributed by atoms with E-state index < -0.39 is 28.1 Å². The first kappa shape index (κ1) is 22.2. The Morgan fingerprint density at radius 2 is 1.93 bits per heavy atom. The van der Waals surface area contributed by atoms with Crippen LogP contribution in [0.2, 0.25) is 0 Å². The molecule has 0 saturated carbocycles. The van der Waals surface area contributed by atoms with E-state index in [0.717, 1.165) is 9.87 Å². The fraction of sp³-hybridized carbons (Fsp3) is 0.350. The number of piperidine rings is 1. The van der Waals surface area contributed by atoms with Crippen molar-refractivity contribution < 1.29 is 32.7 Å². The highest BCUT2D eigenvalue weighted by atomic mass is 32.2. The molecule has 0 aromatic heterocycles. The molecule has 2 unspecified atom stereocenters. The maximum Gasteiger partial charge on any atom is 0.261 e. The second-order valence-electron chi connectivity index (χ2n) is 7.19. The average molecular weight is 438 g/mol. The molecule has 10 heteroatoms. The van der Waals surface area contributed by atoms with Crippen LogP contribution in [0.3, 0.4) is 0 Å². The number of aliphatic hydroxyl groups is 1. The standard InChI is InChI=1S/C20H23FN2O6S/c1-13-8-14(10-15(21)9-13)12-29-17-3-5-18(6-4-17)30(27,28)23-11-16(24)2-7-19(23)20(25)22-26/h3-6,8-10,16,19,24,26H,2,7,11-12H2,1H3,(H,22,25). The predicted octanol–water partition coefficient (Wildman–Crippen LogP) is 1.73. The normalized spacial score (nSPS) is 20.0. The molecule has 1 saturated heterocycles. The van der Waals surface area contributed by atoms with Gasteiger partial charge in [0.15, 0.2) is 0 Å². The Balaban J connectivity index is 1.75. The summed E-state index contributed by atoms with van der Waals surface area (Å²) in [6.45, 7) is 1.63. The van der Waals surface area contributed by atoms with E-state index in [1.807, 2.05) is 0 Å². The van der Waals surface area contributed by atoms with Crippen LogP contribution in [-0.4, -0.2) is 47.6 Å². The fourth-order valence-corrected chi connectivity index (χ4v) is 5.08. The maximum absolute atomic E-state index is 13.5. The predicted molar refractivity (Wildman–Crippen MR) is 105 cm³/mol. The van der Waals surface area contributed by atoms with Crippen molar-refractivity contribution in [3.05, 3.63) is 59.4 Å². The molecule has 1 fully saturated rings. The molecule has 2 aromatic carbocycles. The lowest BCUT2D eigenvalue weighted by Gasteiger charge is -2.35. The number of sulfonamides is 1. The summed E-state index contributed by atoms with van der Waals surface area (Å²) >= 11 is 0. The third-order valence-electron chi connectivity index (χ3n) is 4.86. The number of carbonyl (C=O) groups is 1. The van der Waals surface area contributed by atoms with Gasteiger partial charge in [0, 0.05) is 6.54 Å². The molecule has 1 aliphatic heterocycles. The lowest BCUT2D eigenvalue weighted by molar-refractivity contribution is -0.135. The minimum atomic E-state index is -4.10. The summed E-state index contributed by atoms with van der Waals surface area (Å²) in [5.41, 5.74) is 2.89. The third-order valence-corrected chi connectivity index (χ3v) is 6.75. The monoisotopic (exact) mass is 438 g/mol. The van der Waals surface area contributed by atoms with Crippen molar-refractivity contribution in [2.24, 2.45) is 0 Å². The lowest BCUT2D eigenvalue weighted by Crippen LogP contribution is -2.54. The molecule has 30 heavy (non-hydrogen) atoms. The third kappa shape index (κ3) is 4.96. The SMILES string of the molecule is Cc1cc(F)cc(COc2ccc(S(=O)(=O)N3CC(O)CCC3C(=O)NO)cc2)c1. The minimum absolute atomic E-state index is 0.0821. The smallest absolute Gasteiger partial charge is 0.261 e. The molecule has 2 aromatic rings. The number of hydrogen-bond donors (Lipinski definition) is 3. The van der Waals surface area contributed by atoms with Gasteiger partial charge >= 0.3 is 0 Å². The number of ether oxygens (including phenoxy) is 1. The summed E-state index contributed by atoms with van der Waals surface area (Å²) < 4.78 is 46.0. The number of halogens is 1. The number of rotatable bonds is 6. The Bertz CT molecular complexity index is 992. The molecule has 3 N–H and O–H groups in total. The van der Waals surface area contributed by atoms with Crippen LogP contribution in [0.4, 0.5) is 4.39 Å². The highest BCUT2D eigenvalue weighted by Crippen LogP contribution is 2.27. The second-order valence-corrected chi connectivity index (χ2v) is 9.09. The minimum Gasteiger partial charge on any atom is -0.489 e. The van der Waals surface area contributed by atoms with E-state index in [4.69, 9.17) is 9.94 Å². The van der Waals surface area contributed by atoms with Gasteiger partial charge in [-0.15, -0.1) is 0 Å². The number of hydrogen-bond acceptors (Lipinski definition) is 6. The van der Waals surface area contributed by atoms with Crippen LogP contribution in [0, 0.1) is 12.7 Å². The molecule has 1 amide bonds. The van der Waals surface area contributed by atoms with Gasteiger partial charge in [-0.2, -0.15) is 4.31 Å². The van der Waals surface area contributed by atoms with E-state index in [2.05, 4.69) is 0 Å². The highest BCUT2D eigenvalue weighted by molar-refractivity contribution is 7.89. The van der Waals surface area contributed by atoms with Gasteiger partial charge in [-0.05, 0) is 67.3 Å². The zero-order valence-corrected chi connectivity index (χ0v) is 17.1. The largest absolute Gasteiger partial charge is 0.489 e. The van der Waals surface area contributed by atoms with Gasteiger partial charge in [-0.1, -0.05) is 6.07 Å². The van der Waals surface area contributed by atoms with E-state index in [1.54, 1.807) is 13.0 Å². The number of β-amino-alcohol motifs (C(OH)–C–C–N with tert-alkyl or cyclic N) is 1. The van der Waals surface area contributed by atoms with E-state index in [9.17, 15) is 22.7 Å². The molecule has 0 bridgehead atoms. The molecule has 1 aliphatic rings. The number of benzene rings is 2. The Morgan fingerprint density at radius 1 is 1.23 bits per heavy atom. The first-order chi connectivity index (χ1) is 14.2. The van der Waals surface area contributed by atoms with Gasteiger partial charge in [0.25, 0.3) is 5.91 Å². The van der Waals surface area contributed by atoms with E-state index in [-0.39, 0.29) is 36.7 Å². The highest BCUT2D eigenvalue weighted by Gasteiger charge is 2.40. The summed E-state index contributed by atoms with van der Waals surface area (Å²) in [7, 11) is -4.10. The molecule has 0 spiro atoms. The molecule has 8 nitrogen and oxygen atoms in total. The van der Waals surface area contributed by atoms with Crippen molar-refractivity contribution in [1.29, 1.82) is 0 Å². The molecular weight excluding hydrogens is 415 g/mol. The van der Waals surface area contributed by atoms with Gasteiger partial charge < -0.3 is 9.84 Å². The molecule has 0 aliphatic carbocycles. The van der Waals surface area contributed by atoms with E-state index in [1.165, 1.54) is 41.9 Å². The Labute approximate surface area is 173 Å². The zero-order chi connectivity index (χ0) is 21.9. The second kappa shape index (κ2) is 9.09. The molecular formula is C20H23FN2O6S. The van der Waals surface area contributed by atoms with Crippen molar-refractivity contribution in [1.82, 2.24) is 9.79 Å².